The predicted molar refractivity (Wildman–Crippen MR) is 144 cm³/mol. The van der Waals surface area contributed by atoms with E-state index in [1.54, 1.807) is 0 Å². The summed E-state index contributed by atoms with van der Waals surface area (Å²) in [7, 11) is 0. The summed E-state index contributed by atoms with van der Waals surface area (Å²) in [6.45, 7) is 2.54. The van der Waals surface area contributed by atoms with E-state index in [0.29, 0.717) is 37.9 Å². The Morgan fingerprint density at radius 2 is 1.75 bits per heavy atom. The molecule has 0 bridgehead atoms. The second-order valence-corrected chi connectivity index (χ2v) is 9.49. The molecule has 1 aliphatic rings. The molecular weight excluding hydrogens is 526 g/mol. The number of carbonyl (C=O) groups excluding carboxylic acids is 5. The average Bonchev–Trinajstić information content (AvgIpc) is 3.40. The molecule has 1 heterocycles. The zero-order chi connectivity index (χ0) is 29.8. The Morgan fingerprint density at radius 1 is 1.07 bits per heavy atom. The van der Waals surface area contributed by atoms with Crippen LogP contribution in [0, 0.1) is 10.1 Å². The van der Waals surface area contributed by atoms with Gasteiger partial charge in [-0.1, -0.05) is 0 Å². The van der Waals surface area contributed by atoms with Crippen molar-refractivity contribution in [1.82, 2.24) is 20.9 Å². The number of amides is 5. The van der Waals surface area contributed by atoms with Crippen LogP contribution in [0.4, 0.5) is 11.4 Å². The Hall–Kier alpha value is -4.11. The lowest BCUT2D eigenvalue weighted by Gasteiger charge is -2.29. The Balaban J connectivity index is 2.10. The number of unbranched alkanes of at least 4 members (excludes halogenated alkanes) is 1. The van der Waals surface area contributed by atoms with Crippen LogP contribution < -0.4 is 27.0 Å². The van der Waals surface area contributed by atoms with E-state index in [2.05, 4.69) is 21.3 Å². The number of nitrogens with two attached hydrogens (primary N) is 1. The van der Waals surface area contributed by atoms with Crippen molar-refractivity contribution in [3.63, 3.8) is 0 Å². The monoisotopic (exact) mass is 563 g/mol. The molecular formula is C25H37N7O8. The second-order valence-electron chi connectivity index (χ2n) is 9.49. The summed E-state index contributed by atoms with van der Waals surface area (Å²) in [5.41, 5.74) is 5.73. The highest BCUT2D eigenvalue weighted by Crippen LogP contribution is 2.20. The van der Waals surface area contributed by atoms with Gasteiger partial charge in [0.25, 0.3) is 5.69 Å². The van der Waals surface area contributed by atoms with Gasteiger partial charge in [-0.3, -0.25) is 34.1 Å². The van der Waals surface area contributed by atoms with Crippen molar-refractivity contribution < 1.29 is 34.0 Å². The van der Waals surface area contributed by atoms with Gasteiger partial charge in [0.05, 0.1) is 11.5 Å². The van der Waals surface area contributed by atoms with Gasteiger partial charge >= 0.3 is 0 Å². The molecule has 0 radical (unpaired) electrons. The Morgan fingerprint density at radius 3 is 2.33 bits per heavy atom. The molecule has 7 N–H and O–H groups in total. The first-order valence-corrected chi connectivity index (χ1v) is 13.0. The number of nitrogens with zero attached hydrogens (tertiary/aromatic N) is 2. The quantitative estimate of drug-likeness (QED) is 0.0939. The molecule has 15 nitrogen and oxygen atoms in total. The number of anilines is 1. The van der Waals surface area contributed by atoms with Crippen molar-refractivity contribution >= 4 is 40.9 Å². The highest BCUT2D eigenvalue weighted by atomic mass is 16.6. The minimum Gasteiger partial charge on any atom is -0.394 e. The van der Waals surface area contributed by atoms with Crippen LogP contribution in [0.1, 0.15) is 46.0 Å². The Kier molecular flexibility index (Phi) is 12.4. The van der Waals surface area contributed by atoms with Gasteiger partial charge in [-0.25, -0.2) is 0 Å². The minimum atomic E-state index is -1.33. The number of nitrogens with one attached hydrogen (secondary N) is 4. The molecule has 0 aliphatic carbocycles. The SMILES string of the molecule is CC(=O)N[C@@H](C)C(=O)N[C@@H](CO)C(=O)N1CCC[C@H]1C(=O)N[C@@H](CCCCN)C(=O)Nc1ccc([N+](=O)[O-])cc1. The lowest BCUT2D eigenvalue weighted by atomic mass is 10.1. The third-order valence-corrected chi connectivity index (χ3v) is 6.37. The number of aliphatic hydroxyl groups is 1. The van der Waals surface area contributed by atoms with Crippen molar-refractivity contribution in [2.75, 3.05) is 25.0 Å². The number of hydrogen-bond donors (Lipinski definition) is 6. The summed E-state index contributed by atoms with van der Waals surface area (Å²) in [6.07, 6.45) is 2.21. The highest BCUT2D eigenvalue weighted by Gasteiger charge is 2.39. The maximum Gasteiger partial charge on any atom is 0.269 e. The summed E-state index contributed by atoms with van der Waals surface area (Å²) in [4.78, 5) is 74.6. The van der Waals surface area contributed by atoms with E-state index in [0.717, 1.165) is 0 Å². The van der Waals surface area contributed by atoms with Crippen LogP contribution in [-0.4, -0.2) is 88.3 Å². The lowest BCUT2D eigenvalue weighted by Crippen LogP contribution is -2.58. The molecule has 2 rings (SSSR count). The first-order chi connectivity index (χ1) is 19.0. The molecule has 0 spiro atoms. The van der Waals surface area contributed by atoms with Gasteiger partial charge in [-0.05, 0) is 57.7 Å². The fourth-order valence-electron chi connectivity index (χ4n) is 4.28. The van der Waals surface area contributed by atoms with Crippen LogP contribution in [0.3, 0.4) is 0 Å². The topological polar surface area (TPSA) is 226 Å². The number of non-ortho nitro benzene ring substituents is 1. The van der Waals surface area contributed by atoms with E-state index < -0.39 is 65.2 Å². The number of nitro groups is 1. The molecule has 1 aromatic carbocycles. The molecule has 5 amide bonds. The van der Waals surface area contributed by atoms with Crippen LogP contribution in [-0.2, 0) is 24.0 Å². The summed E-state index contributed by atoms with van der Waals surface area (Å²) in [6, 6.07) is 1.06. The number of likely N-dealkylation sites (tertiary alicyclic amines) is 1. The molecule has 1 aliphatic heterocycles. The van der Waals surface area contributed by atoms with Crippen LogP contribution in [0.5, 0.6) is 0 Å². The summed E-state index contributed by atoms with van der Waals surface area (Å²) < 4.78 is 0. The van der Waals surface area contributed by atoms with E-state index >= 15 is 0 Å². The van der Waals surface area contributed by atoms with Crippen LogP contribution in [0.15, 0.2) is 24.3 Å². The summed E-state index contributed by atoms with van der Waals surface area (Å²) >= 11 is 0. The molecule has 220 valence electrons. The number of nitro benzene ring substituents is 1. The van der Waals surface area contributed by atoms with E-state index in [-0.39, 0.29) is 18.7 Å². The van der Waals surface area contributed by atoms with Crippen molar-refractivity contribution in [2.45, 2.75) is 70.1 Å². The number of carbonyl (C=O) groups is 5. The number of aliphatic hydroxyl groups excluding tert-OH is 1. The maximum atomic E-state index is 13.3. The van der Waals surface area contributed by atoms with E-state index in [1.807, 2.05) is 0 Å². The number of rotatable bonds is 14. The molecule has 0 saturated carbocycles. The third-order valence-electron chi connectivity index (χ3n) is 6.37. The van der Waals surface area contributed by atoms with Crippen molar-refractivity contribution in [3.05, 3.63) is 34.4 Å². The molecule has 1 saturated heterocycles. The first-order valence-electron chi connectivity index (χ1n) is 13.0. The second kappa shape index (κ2) is 15.5. The lowest BCUT2D eigenvalue weighted by molar-refractivity contribution is -0.384. The van der Waals surface area contributed by atoms with Gasteiger partial charge in [0, 0.05) is 31.3 Å². The standard InChI is InChI=1S/C25H37N7O8/c1-15(27-16(2)34)22(35)30-20(14-33)25(38)31-13-5-7-21(31)24(37)29-19(6-3-4-12-26)23(36)28-17-8-10-18(11-9-17)32(39)40/h8-11,15,19-21,33H,3-7,12-14,26H2,1-2H3,(H,27,34)(H,28,36)(H,29,37)(H,30,35)/t15-,19-,20-,21-/m0/s1. The molecule has 0 unspecified atom stereocenters. The molecule has 4 atom stereocenters. The fourth-order valence-corrected chi connectivity index (χ4v) is 4.28. The first kappa shape index (κ1) is 32.1. The van der Waals surface area contributed by atoms with Gasteiger partial charge in [0.2, 0.25) is 29.5 Å². The van der Waals surface area contributed by atoms with Gasteiger partial charge in [-0.15, -0.1) is 0 Å². The molecule has 40 heavy (non-hydrogen) atoms. The smallest absolute Gasteiger partial charge is 0.269 e. The van der Waals surface area contributed by atoms with Crippen LogP contribution >= 0.6 is 0 Å². The fraction of sp³-hybridized carbons (Fsp3) is 0.560. The van der Waals surface area contributed by atoms with E-state index in [4.69, 9.17) is 5.73 Å². The van der Waals surface area contributed by atoms with E-state index in [9.17, 15) is 39.2 Å². The molecule has 1 fully saturated rings. The third kappa shape index (κ3) is 9.27. The van der Waals surface area contributed by atoms with Gasteiger partial charge in [-0.2, -0.15) is 0 Å². The van der Waals surface area contributed by atoms with Crippen molar-refractivity contribution in [3.8, 4) is 0 Å². The number of hydrogen-bond acceptors (Lipinski definition) is 9. The Labute approximate surface area is 231 Å². The normalized spacial score (nSPS) is 16.8. The molecule has 0 aromatic heterocycles. The van der Waals surface area contributed by atoms with Gasteiger partial charge in [0.15, 0.2) is 0 Å². The number of benzene rings is 1. The summed E-state index contributed by atoms with van der Waals surface area (Å²) in [5.74, 6) is -2.90. The van der Waals surface area contributed by atoms with Crippen LogP contribution in [0.25, 0.3) is 0 Å². The maximum absolute atomic E-state index is 13.3. The highest BCUT2D eigenvalue weighted by molar-refractivity contribution is 5.99. The van der Waals surface area contributed by atoms with Crippen LogP contribution in [0.2, 0.25) is 0 Å². The Bertz CT molecular complexity index is 1080. The average molecular weight is 564 g/mol. The predicted octanol–water partition coefficient (Wildman–Crippen LogP) is -0.860. The minimum absolute atomic E-state index is 0.140. The van der Waals surface area contributed by atoms with Crippen molar-refractivity contribution in [1.29, 1.82) is 0 Å². The molecule has 15 heteroatoms. The van der Waals surface area contributed by atoms with Gasteiger partial charge < -0.3 is 37.0 Å². The van der Waals surface area contributed by atoms with Crippen molar-refractivity contribution in [2.24, 2.45) is 5.73 Å². The zero-order valence-electron chi connectivity index (χ0n) is 22.6. The molecule has 1 aromatic rings. The van der Waals surface area contributed by atoms with E-state index in [1.165, 1.54) is 43.0 Å². The van der Waals surface area contributed by atoms with Gasteiger partial charge in [0.1, 0.15) is 24.2 Å². The largest absolute Gasteiger partial charge is 0.394 e. The summed E-state index contributed by atoms with van der Waals surface area (Å²) in [5, 5.41) is 30.8. The zero-order valence-corrected chi connectivity index (χ0v) is 22.6.